The molecular formula is C16H25N3O. The summed E-state index contributed by atoms with van der Waals surface area (Å²) in [4.78, 5) is 19.1. The Morgan fingerprint density at radius 3 is 2.60 bits per heavy atom. The van der Waals surface area contributed by atoms with Gasteiger partial charge in [0.25, 0.3) is 5.91 Å². The molecule has 2 rings (SSSR count). The molecule has 2 heterocycles. The molecule has 1 aliphatic heterocycles. The van der Waals surface area contributed by atoms with Crippen LogP contribution in [0.2, 0.25) is 0 Å². The van der Waals surface area contributed by atoms with Crippen LogP contribution in [0, 0.1) is 5.92 Å². The monoisotopic (exact) mass is 275 g/mol. The van der Waals surface area contributed by atoms with Gasteiger partial charge in [-0.15, -0.1) is 0 Å². The number of nitrogens with zero attached hydrogens (tertiary/aromatic N) is 2. The first-order chi connectivity index (χ1) is 9.31. The second-order valence-corrected chi connectivity index (χ2v) is 6.77. The van der Waals surface area contributed by atoms with Crippen molar-refractivity contribution in [1.29, 1.82) is 0 Å². The zero-order valence-corrected chi connectivity index (χ0v) is 13.2. The summed E-state index contributed by atoms with van der Waals surface area (Å²) in [7, 11) is 1.83. The fraction of sp³-hybridized carbons (Fsp3) is 0.625. The first-order valence-corrected chi connectivity index (χ1v) is 7.31. The maximum atomic E-state index is 12.6. The fourth-order valence-electron chi connectivity index (χ4n) is 2.47. The predicted octanol–water partition coefficient (Wildman–Crippen LogP) is 2.90. The van der Waals surface area contributed by atoms with Crippen molar-refractivity contribution in [1.82, 2.24) is 9.88 Å². The molecule has 4 nitrogen and oxygen atoms in total. The number of carbonyl (C=O) groups excluding carboxylic acids is 1. The van der Waals surface area contributed by atoms with Gasteiger partial charge in [0.1, 0.15) is 5.82 Å². The standard InChI is InChI=1S/C16H25N3O/c1-11-6-7-19(10-11)15(20)12-8-13(16(2,3)4)18-14(9-12)17-5/h8-9,11H,6-7,10H2,1-5H3,(H,17,18). The molecule has 110 valence electrons. The number of aromatic nitrogens is 1. The summed E-state index contributed by atoms with van der Waals surface area (Å²) < 4.78 is 0. The zero-order chi connectivity index (χ0) is 14.9. The molecule has 0 spiro atoms. The van der Waals surface area contributed by atoms with Crippen LogP contribution in [-0.2, 0) is 5.41 Å². The van der Waals surface area contributed by atoms with Gasteiger partial charge < -0.3 is 10.2 Å². The fourth-order valence-corrected chi connectivity index (χ4v) is 2.47. The molecule has 0 saturated carbocycles. The van der Waals surface area contributed by atoms with E-state index in [1.165, 1.54) is 0 Å². The Morgan fingerprint density at radius 1 is 1.40 bits per heavy atom. The van der Waals surface area contributed by atoms with E-state index in [-0.39, 0.29) is 11.3 Å². The number of nitrogens with one attached hydrogen (secondary N) is 1. The van der Waals surface area contributed by atoms with E-state index in [0.29, 0.717) is 5.92 Å². The Balaban J connectivity index is 2.33. The molecule has 4 heteroatoms. The van der Waals surface area contributed by atoms with Crippen molar-refractivity contribution >= 4 is 11.7 Å². The summed E-state index contributed by atoms with van der Waals surface area (Å²) in [6.45, 7) is 10.3. The number of hydrogen-bond acceptors (Lipinski definition) is 3. The Labute approximate surface area is 121 Å². The minimum Gasteiger partial charge on any atom is -0.373 e. The summed E-state index contributed by atoms with van der Waals surface area (Å²) in [5.74, 6) is 1.48. The van der Waals surface area contributed by atoms with Gasteiger partial charge in [-0.3, -0.25) is 4.79 Å². The van der Waals surface area contributed by atoms with E-state index in [0.717, 1.165) is 36.6 Å². The lowest BCUT2D eigenvalue weighted by Crippen LogP contribution is -2.29. The van der Waals surface area contributed by atoms with Gasteiger partial charge >= 0.3 is 0 Å². The van der Waals surface area contributed by atoms with Crippen molar-refractivity contribution in [3.05, 3.63) is 23.4 Å². The van der Waals surface area contributed by atoms with E-state index in [1.807, 2.05) is 24.1 Å². The van der Waals surface area contributed by atoms with Crippen molar-refractivity contribution in [2.75, 3.05) is 25.5 Å². The normalized spacial score (nSPS) is 19.2. The van der Waals surface area contributed by atoms with Gasteiger partial charge in [0.15, 0.2) is 0 Å². The number of rotatable bonds is 2. The van der Waals surface area contributed by atoms with Crippen LogP contribution in [0.4, 0.5) is 5.82 Å². The lowest BCUT2D eigenvalue weighted by molar-refractivity contribution is 0.0788. The Morgan fingerprint density at radius 2 is 2.10 bits per heavy atom. The summed E-state index contributed by atoms with van der Waals surface area (Å²) in [6, 6.07) is 3.78. The number of hydrogen-bond donors (Lipinski definition) is 1. The van der Waals surface area contributed by atoms with Gasteiger partial charge in [0.2, 0.25) is 0 Å². The summed E-state index contributed by atoms with van der Waals surface area (Å²) in [5, 5.41) is 3.05. The highest BCUT2D eigenvalue weighted by atomic mass is 16.2. The first kappa shape index (κ1) is 14.8. The average Bonchev–Trinajstić information content (AvgIpc) is 2.83. The highest BCUT2D eigenvalue weighted by molar-refractivity contribution is 5.95. The molecule has 1 aromatic rings. The van der Waals surface area contributed by atoms with Gasteiger partial charge in [-0.2, -0.15) is 0 Å². The van der Waals surface area contributed by atoms with E-state index < -0.39 is 0 Å². The van der Waals surface area contributed by atoms with Crippen LogP contribution in [-0.4, -0.2) is 35.9 Å². The van der Waals surface area contributed by atoms with E-state index in [1.54, 1.807) is 0 Å². The molecule has 1 atom stereocenters. The lowest BCUT2D eigenvalue weighted by atomic mass is 9.90. The minimum absolute atomic E-state index is 0.0693. The topological polar surface area (TPSA) is 45.2 Å². The highest BCUT2D eigenvalue weighted by Gasteiger charge is 2.26. The number of anilines is 1. The third-order valence-electron chi connectivity index (χ3n) is 3.81. The molecule has 0 bridgehead atoms. The second kappa shape index (κ2) is 5.43. The Hall–Kier alpha value is -1.58. The number of amides is 1. The number of likely N-dealkylation sites (tertiary alicyclic amines) is 1. The van der Waals surface area contributed by atoms with Gasteiger partial charge in [0.05, 0.1) is 0 Å². The van der Waals surface area contributed by atoms with Crippen LogP contribution < -0.4 is 5.32 Å². The van der Waals surface area contributed by atoms with E-state index in [2.05, 4.69) is 38.0 Å². The van der Waals surface area contributed by atoms with Crippen molar-refractivity contribution in [3.63, 3.8) is 0 Å². The molecule has 1 aromatic heterocycles. The lowest BCUT2D eigenvalue weighted by Gasteiger charge is -2.21. The van der Waals surface area contributed by atoms with Crippen LogP contribution in [0.25, 0.3) is 0 Å². The van der Waals surface area contributed by atoms with Gasteiger partial charge in [0, 0.05) is 36.8 Å². The van der Waals surface area contributed by atoms with E-state index >= 15 is 0 Å². The van der Waals surface area contributed by atoms with Crippen LogP contribution in [0.1, 0.15) is 50.2 Å². The molecule has 1 unspecified atom stereocenters. The third kappa shape index (κ3) is 3.11. The summed E-state index contributed by atoms with van der Waals surface area (Å²) in [5.41, 5.74) is 1.61. The largest absolute Gasteiger partial charge is 0.373 e. The Kier molecular flexibility index (Phi) is 4.02. The maximum Gasteiger partial charge on any atom is 0.254 e. The number of carbonyl (C=O) groups is 1. The molecule has 1 fully saturated rings. The van der Waals surface area contributed by atoms with Crippen LogP contribution >= 0.6 is 0 Å². The molecule has 0 aromatic carbocycles. The quantitative estimate of drug-likeness (QED) is 0.902. The third-order valence-corrected chi connectivity index (χ3v) is 3.81. The SMILES string of the molecule is CNc1cc(C(=O)N2CCC(C)C2)cc(C(C)(C)C)n1. The van der Waals surface area contributed by atoms with Crippen molar-refractivity contribution in [2.45, 2.75) is 39.5 Å². The number of pyridine rings is 1. The first-order valence-electron chi connectivity index (χ1n) is 7.31. The molecule has 1 N–H and O–H groups in total. The summed E-state index contributed by atoms with van der Waals surface area (Å²) >= 11 is 0. The van der Waals surface area contributed by atoms with Crippen LogP contribution in [0.3, 0.4) is 0 Å². The molecule has 1 aliphatic rings. The summed E-state index contributed by atoms with van der Waals surface area (Å²) in [6.07, 6.45) is 1.10. The van der Waals surface area contributed by atoms with E-state index in [9.17, 15) is 4.79 Å². The van der Waals surface area contributed by atoms with Crippen molar-refractivity contribution < 1.29 is 4.79 Å². The predicted molar refractivity (Wildman–Crippen MR) is 82.2 cm³/mol. The molecule has 0 aliphatic carbocycles. The van der Waals surface area contributed by atoms with Gasteiger partial charge in [-0.05, 0) is 24.5 Å². The molecular weight excluding hydrogens is 250 g/mol. The minimum atomic E-state index is -0.0693. The van der Waals surface area contributed by atoms with Gasteiger partial charge in [-0.1, -0.05) is 27.7 Å². The van der Waals surface area contributed by atoms with Crippen molar-refractivity contribution in [2.24, 2.45) is 5.92 Å². The van der Waals surface area contributed by atoms with E-state index in [4.69, 9.17) is 0 Å². The molecule has 1 saturated heterocycles. The highest BCUT2D eigenvalue weighted by Crippen LogP contribution is 2.25. The molecule has 1 amide bonds. The Bertz CT molecular complexity index is 505. The van der Waals surface area contributed by atoms with Crippen LogP contribution in [0.5, 0.6) is 0 Å². The molecule has 20 heavy (non-hydrogen) atoms. The zero-order valence-electron chi connectivity index (χ0n) is 13.2. The van der Waals surface area contributed by atoms with Gasteiger partial charge in [-0.25, -0.2) is 4.98 Å². The van der Waals surface area contributed by atoms with Crippen LogP contribution in [0.15, 0.2) is 12.1 Å². The van der Waals surface area contributed by atoms with Crippen molar-refractivity contribution in [3.8, 4) is 0 Å². The molecule has 0 radical (unpaired) electrons. The maximum absolute atomic E-state index is 12.6. The second-order valence-electron chi connectivity index (χ2n) is 6.77. The smallest absolute Gasteiger partial charge is 0.254 e. The average molecular weight is 275 g/mol.